The molecule has 3 heterocycles. The summed E-state index contributed by atoms with van der Waals surface area (Å²) in [7, 11) is 0. The number of aryl methyl sites for hydroxylation is 1. The summed E-state index contributed by atoms with van der Waals surface area (Å²) in [6, 6.07) is 11.9. The van der Waals surface area contributed by atoms with Gasteiger partial charge < -0.3 is 14.4 Å². The Kier molecular flexibility index (Phi) is 5.20. The van der Waals surface area contributed by atoms with Crippen LogP contribution >= 0.6 is 0 Å². The zero-order chi connectivity index (χ0) is 18.7. The number of anilines is 1. The number of carbonyl (C=O) groups is 1. The van der Waals surface area contributed by atoms with Crippen LogP contribution in [0.25, 0.3) is 0 Å². The summed E-state index contributed by atoms with van der Waals surface area (Å²) in [5.74, 6) is -0.0262. The predicted octanol–water partition coefficient (Wildman–Crippen LogP) is 2.02. The first-order valence-electron chi connectivity index (χ1n) is 9.34. The van der Waals surface area contributed by atoms with E-state index >= 15 is 0 Å². The van der Waals surface area contributed by atoms with Crippen LogP contribution in [-0.4, -0.2) is 60.8 Å². The fourth-order valence-electron chi connectivity index (χ4n) is 3.87. The van der Waals surface area contributed by atoms with Gasteiger partial charge in [0.15, 0.2) is 0 Å². The molecule has 0 radical (unpaired) electrons. The van der Waals surface area contributed by atoms with Crippen molar-refractivity contribution >= 4 is 11.6 Å². The molecule has 0 aliphatic carbocycles. The minimum absolute atomic E-state index is 0.0262. The topological polar surface area (TPSA) is 54.9 Å². The van der Waals surface area contributed by atoms with Crippen LogP contribution in [-0.2, 0) is 20.8 Å². The van der Waals surface area contributed by atoms with Gasteiger partial charge in [-0.15, -0.1) is 0 Å². The first kappa shape index (κ1) is 18.1. The highest BCUT2D eigenvalue weighted by Crippen LogP contribution is 2.27. The largest absolute Gasteiger partial charge is 0.368 e. The van der Waals surface area contributed by atoms with E-state index in [0.717, 1.165) is 30.9 Å². The molecule has 0 saturated carbocycles. The molecule has 2 aliphatic heterocycles. The van der Waals surface area contributed by atoms with Crippen LogP contribution in [0.1, 0.15) is 11.1 Å². The zero-order valence-corrected chi connectivity index (χ0v) is 15.6. The van der Waals surface area contributed by atoms with E-state index in [1.165, 1.54) is 5.56 Å². The smallest absolute Gasteiger partial charge is 0.253 e. The van der Waals surface area contributed by atoms with Gasteiger partial charge in [0.2, 0.25) is 0 Å². The van der Waals surface area contributed by atoms with Crippen molar-refractivity contribution in [3.63, 3.8) is 0 Å². The molecule has 1 unspecified atom stereocenters. The minimum atomic E-state index is -0.516. The number of benzene rings is 1. The number of pyridine rings is 1. The summed E-state index contributed by atoms with van der Waals surface area (Å²) in [5.41, 5.74) is 2.72. The molecule has 1 spiro atoms. The van der Waals surface area contributed by atoms with Crippen molar-refractivity contribution in [2.45, 2.75) is 19.1 Å². The summed E-state index contributed by atoms with van der Waals surface area (Å²) in [6.45, 7) is 6.08. The van der Waals surface area contributed by atoms with E-state index in [0.29, 0.717) is 19.8 Å². The number of morpholine rings is 1. The molecule has 6 heteroatoms. The highest BCUT2D eigenvalue weighted by molar-refractivity contribution is 5.94. The molecule has 0 bridgehead atoms. The van der Waals surface area contributed by atoms with Gasteiger partial charge in [0, 0.05) is 37.7 Å². The number of hydrogen-bond acceptors (Lipinski definition) is 5. The van der Waals surface area contributed by atoms with Crippen molar-refractivity contribution in [2.24, 2.45) is 0 Å². The average molecular weight is 367 g/mol. The van der Waals surface area contributed by atoms with Crippen molar-refractivity contribution in [1.29, 1.82) is 0 Å². The van der Waals surface area contributed by atoms with E-state index in [4.69, 9.17) is 9.47 Å². The number of ether oxygens (including phenoxy) is 2. The number of para-hydroxylation sites is 1. The van der Waals surface area contributed by atoms with Gasteiger partial charge in [0.1, 0.15) is 12.2 Å². The minimum Gasteiger partial charge on any atom is -0.368 e. The molecule has 1 aromatic heterocycles. The standard InChI is InChI=1S/C21H25N3O3/c1-17-9-18(11-22-10-17)12-23-7-8-27-21(14-23)15-24(20(25)13-26-16-21)19-5-3-2-4-6-19/h2-6,9-11H,7-8,12-16H2,1H3. The molecule has 2 saturated heterocycles. The molecule has 2 aromatic rings. The van der Waals surface area contributed by atoms with E-state index < -0.39 is 5.60 Å². The molecular weight excluding hydrogens is 342 g/mol. The Hall–Kier alpha value is -2.28. The summed E-state index contributed by atoms with van der Waals surface area (Å²) in [4.78, 5) is 21.0. The second-order valence-electron chi connectivity index (χ2n) is 7.42. The van der Waals surface area contributed by atoms with Gasteiger partial charge in [-0.3, -0.25) is 14.7 Å². The highest BCUT2D eigenvalue weighted by Gasteiger charge is 2.42. The lowest BCUT2D eigenvalue weighted by molar-refractivity contribution is -0.135. The number of rotatable bonds is 3. The number of nitrogens with zero attached hydrogens (tertiary/aromatic N) is 3. The third-order valence-electron chi connectivity index (χ3n) is 5.07. The molecule has 0 N–H and O–H groups in total. The van der Waals surface area contributed by atoms with Crippen LogP contribution in [0.2, 0.25) is 0 Å². The van der Waals surface area contributed by atoms with Gasteiger partial charge in [0.05, 0.1) is 19.8 Å². The first-order valence-corrected chi connectivity index (χ1v) is 9.34. The summed E-state index contributed by atoms with van der Waals surface area (Å²) in [5, 5.41) is 0. The van der Waals surface area contributed by atoms with Crippen LogP contribution in [0.5, 0.6) is 0 Å². The Morgan fingerprint density at radius 2 is 2.04 bits per heavy atom. The number of aromatic nitrogens is 1. The summed E-state index contributed by atoms with van der Waals surface area (Å²) < 4.78 is 11.9. The van der Waals surface area contributed by atoms with Gasteiger partial charge in [-0.2, -0.15) is 0 Å². The second-order valence-corrected chi connectivity index (χ2v) is 7.42. The Morgan fingerprint density at radius 3 is 2.85 bits per heavy atom. The average Bonchev–Trinajstić information content (AvgIpc) is 2.82. The third-order valence-corrected chi connectivity index (χ3v) is 5.07. The van der Waals surface area contributed by atoms with Crippen LogP contribution in [0.4, 0.5) is 5.69 Å². The lowest BCUT2D eigenvalue weighted by atomic mass is 10.0. The summed E-state index contributed by atoms with van der Waals surface area (Å²) >= 11 is 0. The quantitative estimate of drug-likeness (QED) is 0.831. The highest BCUT2D eigenvalue weighted by atomic mass is 16.5. The SMILES string of the molecule is Cc1cncc(CN2CCOC3(COCC(=O)N(c4ccccc4)C3)C2)c1. The van der Waals surface area contributed by atoms with Crippen molar-refractivity contribution in [1.82, 2.24) is 9.88 Å². The van der Waals surface area contributed by atoms with Crippen molar-refractivity contribution in [2.75, 3.05) is 44.4 Å². The maximum absolute atomic E-state index is 12.6. The zero-order valence-electron chi connectivity index (χ0n) is 15.6. The van der Waals surface area contributed by atoms with Crippen molar-refractivity contribution in [3.8, 4) is 0 Å². The lowest BCUT2D eigenvalue weighted by Crippen LogP contribution is -2.59. The Labute approximate surface area is 159 Å². The first-order chi connectivity index (χ1) is 13.1. The van der Waals surface area contributed by atoms with Gasteiger partial charge in [0.25, 0.3) is 5.91 Å². The monoisotopic (exact) mass is 367 g/mol. The van der Waals surface area contributed by atoms with E-state index in [1.807, 2.05) is 42.7 Å². The molecule has 1 atom stereocenters. The number of hydrogen-bond donors (Lipinski definition) is 0. The summed E-state index contributed by atoms with van der Waals surface area (Å²) in [6.07, 6.45) is 3.78. The fourth-order valence-corrected chi connectivity index (χ4v) is 3.87. The van der Waals surface area contributed by atoms with Gasteiger partial charge >= 0.3 is 0 Å². The van der Waals surface area contributed by atoms with Crippen LogP contribution in [0.3, 0.4) is 0 Å². The molecular formula is C21H25N3O3. The number of carbonyl (C=O) groups excluding carboxylic acids is 1. The molecule has 6 nitrogen and oxygen atoms in total. The van der Waals surface area contributed by atoms with Gasteiger partial charge in [-0.05, 0) is 30.2 Å². The normalized spacial score (nSPS) is 24.2. The van der Waals surface area contributed by atoms with E-state index in [2.05, 4.69) is 22.9 Å². The van der Waals surface area contributed by atoms with Crippen LogP contribution in [0, 0.1) is 6.92 Å². The Bertz CT molecular complexity index is 798. The van der Waals surface area contributed by atoms with Gasteiger partial charge in [-0.1, -0.05) is 24.3 Å². The molecule has 2 aliphatic rings. The maximum Gasteiger partial charge on any atom is 0.253 e. The third kappa shape index (κ3) is 4.18. The molecule has 142 valence electrons. The molecule has 1 amide bonds. The molecule has 2 fully saturated rings. The van der Waals surface area contributed by atoms with E-state index in [9.17, 15) is 4.79 Å². The lowest BCUT2D eigenvalue weighted by Gasteiger charge is -2.43. The van der Waals surface area contributed by atoms with Crippen LogP contribution in [0.15, 0.2) is 48.8 Å². The molecule has 1 aromatic carbocycles. The predicted molar refractivity (Wildman–Crippen MR) is 103 cm³/mol. The van der Waals surface area contributed by atoms with Crippen LogP contribution < -0.4 is 4.90 Å². The van der Waals surface area contributed by atoms with Crippen molar-refractivity contribution < 1.29 is 14.3 Å². The Morgan fingerprint density at radius 1 is 1.19 bits per heavy atom. The van der Waals surface area contributed by atoms with Gasteiger partial charge in [-0.25, -0.2) is 0 Å². The number of amides is 1. The van der Waals surface area contributed by atoms with Crippen molar-refractivity contribution in [3.05, 3.63) is 59.9 Å². The van der Waals surface area contributed by atoms with E-state index in [1.54, 1.807) is 4.90 Å². The molecule has 4 rings (SSSR count). The molecule has 27 heavy (non-hydrogen) atoms. The Balaban J connectivity index is 1.53. The maximum atomic E-state index is 12.6. The van der Waals surface area contributed by atoms with E-state index in [-0.39, 0.29) is 12.5 Å². The second kappa shape index (κ2) is 7.76. The fraction of sp³-hybridized carbons (Fsp3) is 0.429.